The normalized spacial score (nSPS) is 12.6. The van der Waals surface area contributed by atoms with E-state index in [9.17, 15) is 0 Å². The monoisotopic (exact) mass is 302 g/mol. The molecule has 0 saturated carbocycles. The molecule has 0 bridgehead atoms. The van der Waals surface area contributed by atoms with E-state index in [2.05, 4.69) is 42.3 Å². The summed E-state index contributed by atoms with van der Waals surface area (Å²) < 4.78 is 1.21. The van der Waals surface area contributed by atoms with Crippen molar-refractivity contribution >= 4 is 38.3 Å². The number of hydrogen-bond donors (Lipinski definition) is 1. The fourth-order valence-electron chi connectivity index (χ4n) is 2.12. The van der Waals surface area contributed by atoms with E-state index < -0.39 is 0 Å². The zero-order chi connectivity index (χ0) is 14.1. The summed E-state index contributed by atoms with van der Waals surface area (Å²) in [7, 11) is 0. The predicted octanol–water partition coefficient (Wildman–Crippen LogP) is 5.43. The zero-order valence-corrected chi connectivity index (χ0v) is 12.9. The minimum atomic E-state index is 0.203. The molecule has 1 aromatic heterocycles. The van der Waals surface area contributed by atoms with Crippen molar-refractivity contribution in [3.8, 4) is 0 Å². The Morgan fingerprint density at radius 3 is 2.65 bits per heavy atom. The SMILES string of the molecule is Cc1ccc2sc(NC(C)c3ccc(Cl)cc3)nc2c1. The number of hydrogen-bond acceptors (Lipinski definition) is 3. The van der Waals surface area contributed by atoms with Crippen molar-refractivity contribution in [2.75, 3.05) is 5.32 Å². The molecule has 3 aromatic rings. The molecule has 1 heterocycles. The second kappa shape index (κ2) is 5.43. The van der Waals surface area contributed by atoms with Crippen LogP contribution in [0, 0.1) is 6.92 Å². The van der Waals surface area contributed by atoms with Crippen LogP contribution in [0.3, 0.4) is 0 Å². The van der Waals surface area contributed by atoms with E-state index in [4.69, 9.17) is 11.6 Å². The van der Waals surface area contributed by atoms with Gasteiger partial charge in [0.2, 0.25) is 0 Å². The van der Waals surface area contributed by atoms with Crippen LogP contribution >= 0.6 is 22.9 Å². The Hall–Kier alpha value is -1.58. The summed E-state index contributed by atoms with van der Waals surface area (Å²) in [6.07, 6.45) is 0. The Morgan fingerprint density at radius 2 is 1.90 bits per heavy atom. The van der Waals surface area contributed by atoms with Gasteiger partial charge in [0.15, 0.2) is 5.13 Å². The number of thiazole rings is 1. The van der Waals surface area contributed by atoms with E-state index in [0.717, 1.165) is 15.7 Å². The molecular formula is C16H15ClN2S. The van der Waals surface area contributed by atoms with Crippen LogP contribution in [0.15, 0.2) is 42.5 Å². The van der Waals surface area contributed by atoms with Crippen LogP contribution in [-0.2, 0) is 0 Å². The summed E-state index contributed by atoms with van der Waals surface area (Å²) in [6.45, 7) is 4.21. The topological polar surface area (TPSA) is 24.9 Å². The van der Waals surface area contributed by atoms with Crippen LogP contribution in [0.5, 0.6) is 0 Å². The Bertz CT molecular complexity index is 734. The maximum atomic E-state index is 5.91. The molecule has 0 radical (unpaired) electrons. The standard InChI is InChI=1S/C16H15ClN2S/c1-10-3-8-15-14(9-10)19-16(20-15)18-11(2)12-4-6-13(17)7-5-12/h3-9,11H,1-2H3,(H,18,19). The Labute approximate surface area is 127 Å². The summed E-state index contributed by atoms with van der Waals surface area (Å²) in [5.74, 6) is 0. The number of nitrogens with zero attached hydrogens (tertiary/aromatic N) is 1. The number of nitrogens with one attached hydrogen (secondary N) is 1. The molecule has 20 heavy (non-hydrogen) atoms. The van der Waals surface area contributed by atoms with Gasteiger partial charge in [-0.2, -0.15) is 0 Å². The van der Waals surface area contributed by atoms with Gasteiger partial charge in [-0.3, -0.25) is 0 Å². The van der Waals surface area contributed by atoms with E-state index in [1.807, 2.05) is 24.3 Å². The third-order valence-corrected chi connectivity index (χ3v) is 4.47. The van der Waals surface area contributed by atoms with Crippen molar-refractivity contribution in [1.29, 1.82) is 0 Å². The third kappa shape index (κ3) is 2.79. The quantitative estimate of drug-likeness (QED) is 0.697. The fraction of sp³-hybridized carbons (Fsp3) is 0.188. The van der Waals surface area contributed by atoms with Crippen LogP contribution in [0.2, 0.25) is 5.02 Å². The van der Waals surface area contributed by atoms with Gasteiger partial charge in [0.25, 0.3) is 0 Å². The highest BCUT2D eigenvalue weighted by Crippen LogP contribution is 2.29. The molecule has 102 valence electrons. The Balaban J connectivity index is 1.83. The molecule has 2 nitrogen and oxygen atoms in total. The van der Waals surface area contributed by atoms with E-state index in [-0.39, 0.29) is 6.04 Å². The fourth-order valence-corrected chi connectivity index (χ4v) is 3.18. The maximum absolute atomic E-state index is 5.91. The van der Waals surface area contributed by atoms with E-state index in [0.29, 0.717) is 0 Å². The maximum Gasteiger partial charge on any atom is 0.184 e. The molecule has 1 unspecified atom stereocenters. The molecule has 0 aliphatic rings. The van der Waals surface area contributed by atoms with Gasteiger partial charge in [0, 0.05) is 5.02 Å². The van der Waals surface area contributed by atoms with Crippen LogP contribution in [0.1, 0.15) is 24.1 Å². The summed E-state index contributed by atoms with van der Waals surface area (Å²) in [6, 6.07) is 14.5. The summed E-state index contributed by atoms with van der Waals surface area (Å²) >= 11 is 7.60. The molecule has 1 N–H and O–H groups in total. The number of aromatic nitrogens is 1. The van der Waals surface area contributed by atoms with Crippen molar-refractivity contribution in [3.63, 3.8) is 0 Å². The Morgan fingerprint density at radius 1 is 1.15 bits per heavy atom. The average molecular weight is 303 g/mol. The lowest BCUT2D eigenvalue weighted by Crippen LogP contribution is -2.05. The Kier molecular flexibility index (Phi) is 3.64. The molecular weight excluding hydrogens is 288 g/mol. The summed E-state index contributed by atoms with van der Waals surface area (Å²) in [4.78, 5) is 4.64. The first kappa shape index (κ1) is 13.4. The van der Waals surface area contributed by atoms with Gasteiger partial charge in [-0.1, -0.05) is 41.1 Å². The van der Waals surface area contributed by atoms with Gasteiger partial charge in [0.05, 0.1) is 16.3 Å². The lowest BCUT2D eigenvalue weighted by Gasteiger charge is -2.13. The first-order valence-electron chi connectivity index (χ1n) is 6.51. The summed E-state index contributed by atoms with van der Waals surface area (Å²) in [5, 5.41) is 5.16. The van der Waals surface area contributed by atoms with Gasteiger partial charge in [-0.05, 0) is 49.2 Å². The van der Waals surface area contributed by atoms with E-state index >= 15 is 0 Å². The van der Waals surface area contributed by atoms with Crippen LogP contribution in [-0.4, -0.2) is 4.98 Å². The second-order valence-electron chi connectivity index (χ2n) is 4.91. The molecule has 0 aliphatic heterocycles. The highest BCUT2D eigenvalue weighted by atomic mass is 35.5. The first-order chi connectivity index (χ1) is 9.61. The highest BCUT2D eigenvalue weighted by molar-refractivity contribution is 7.22. The van der Waals surface area contributed by atoms with E-state index in [1.54, 1.807) is 11.3 Å². The molecule has 0 spiro atoms. The average Bonchev–Trinajstić information content (AvgIpc) is 2.80. The van der Waals surface area contributed by atoms with Crippen molar-refractivity contribution in [2.45, 2.75) is 19.9 Å². The van der Waals surface area contributed by atoms with Gasteiger partial charge in [0.1, 0.15) is 0 Å². The minimum Gasteiger partial charge on any atom is -0.355 e. The smallest absolute Gasteiger partial charge is 0.184 e. The molecule has 4 heteroatoms. The highest BCUT2D eigenvalue weighted by Gasteiger charge is 2.09. The minimum absolute atomic E-state index is 0.203. The second-order valence-corrected chi connectivity index (χ2v) is 6.37. The van der Waals surface area contributed by atoms with Crippen molar-refractivity contribution in [3.05, 3.63) is 58.6 Å². The first-order valence-corrected chi connectivity index (χ1v) is 7.70. The summed E-state index contributed by atoms with van der Waals surface area (Å²) in [5.41, 5.74) is 3.49. The third-order valence-electron chi connectivity index (χ3n) is 3.25. The van der Waals surface area contributed by atoms with Crippen LogP contribution in [0.4, 0.5) is 5.13 Å². The molecule has 0 amide bonds. The molecule has 3 rings (SSSR count). The number of benzene rings is 2. The van der Waals surface area contributed by atoms with Gasteiger partial charge < -0.3 is 5.32 Å². The number of halogens is 1. The van der Waals surface area contributed by atoms with Gasteiger partial charge >= 0.3 is 0 Å². The number of rotatable bonds is 3. The molecule has 0 aliphatic carbocycles. The number of aryl methyl sites for hydroxylation is 1. The van der Waals surface area contributed by atoms with Crippen molar-refractivity contribution in [1.82, 2.24) is 4.98 Å². The van der Waals surface area contributed by atoms with Gasteiger partial charge in [-0.15, -0.1) is 0 Å². The van der Waals surface area contributed by atoms with Gasteiger partial charge in [-0.25, -0.2) is 4.98 Å². The number of fused-ring (bicyclic) bond motifs is 1. The van der Waals surface area contributed by atoms with Crippen molar-refractivity contribution < 1.29 is 0 Å². The molecule has 2 aromatic carbocycles. The van der Waals surface area contributed by atoms with Crippen molar-refractivity contribution in [2.24, 2.45) is 0 Å². The zero-order valence-electron chi connectivity index (χ0n) is 11.4. The van der Waals surface area contributed by atoms with Crippen LogP contribution in [0.25, 0.3) is 10.2 Å². The van der Waals surface area contributed by atoms with Crippen LogP contribution < -0.4 is 5.32 Å². The lowest BCUT2D eigenvalue weighted by atomic mass is 10.1. The predicted molar refractivity (Wildman–Crippen MR) is 87.8 cm³/mol. The number of anilines is 1. The molecule has 1 atom stereocenters. The lowest BCUT2D eigenvalue weighted by molar-refractivity contribution is 0.883. The molecule has 0 fully saturated rings. The molecule has 0 saturated heterocycles. The largest absolute Gasteiger partial charge is 0.355 e. The van der Waals surface area contributed by atoms with E-state index in [1.165, 1.54) is 15.8 Å².